The number of hydrogen-bond acceptors (Lipinski definition) is 7. The van der Waals surface area contributed by atoms with E-state index in [0.717, 1.165) is 16.7 Å². The highest BCUT2D eigenvalue weighted by Gasteiger charge is 2.43. The SMILES string of the molecule is C=CC(=O)N1CCN2c3nc(=O)n(-c4c(C)ccnc4C(C)C)c4c(F)c(-c5c(N)c(Cl)cc(Cl)c5F)c(Cl)c(c34)N(C)C(=O)C2C1. The molecule has 0 aliphatic carbocycles. The highest BCUT2D eigenvalue weighted by atomic mass is 35.5. The summed E-state index contributed by atoms with van der Waals surface area (Å²) in [6.45, 7) is 9.16. The second-order valence-electron chi connectivity index (χ2n) is 11.7. The molecule has 47 heavy (non-hydrogen) atoms. The fourth-order valence-electron chi connectivity index (χ4n) is 6.38. The average Bonchev–Trinajstić information content (AvgIpc) is 3.12. The molecule has 2 N–H and O–H groups in total. The van der Waals surface area contributed by atoms with Crippen LogP contribution in [0.25, 0.3) is 27.7 Å². The first-order valence-electron chi connectivity index (χ1n) is 14.5. The smallest absolute Gasteiger partial charge is 0.354 e. The van der Waals surface area contributed by atoms with Crippen LogP contribution in [0.15, 0.2) is 35.8 Å². The van der Waals surface area contributed by atoms with Gasteiger partial charge in [-0.3, -0.25) is 19.1 Å². The zero-order chi connectivity index (χ0) is 34.2. The molecular formula is C32H28Cl3F2N7O3. The molecule has 2 aliphatic heterocycles. The number of likely N-dealkylation sites (N-methyl/N-ethyl adjacent to an activating group) is 1. The molecular weight excluding hydrogens is 675 g/mol. The van der Waals surface area contributed by atoms with Crippen molar-refractivity contribution in [2.75, 3.05) is 42.2 Å². The molecule has 10 nitrogen and oxygen atoms in total. The lowest BCUT2D eigenvalue weighted by Crippen LogP contribution is -2.60. The first-order chi connectivity index (χ1) is 22.2. The van der Waals surface area contributed by atoms with Gasteiger partial charge in [0, 0.05) is 37.5 Å². The van der Waals surface area contributed by atoms with Crippen LogP contribution in [0.1, 0.15) is 31.0 Å². The number of hydrogen-bond donors (Lipinski definition) is 1. The highest BCUT2D eigenvalue weighted by Crippen LogP contribution is 2.51. The number of pyridine rings is 1. The van der Waals surface area contributed by atoms with E-state index < -0.39 is 50.4 Å². The molecule has 0 spiro atoms. The Balaban J connectivity index is 1.84. The summed E-state index contributed by atoms with van der Waals surface area (Å²) in [5.74, 6) is -3.41. The van der Waals surface area contributed by atoms with Crippen LogP contribution in [0.5, 0.6) is 0 Å². The lowest BCUT2D eigenvalue weighted by Gasteiger charge is -2.40. The van der Waals surface area contributed by atoms with Crippen molar-refractivity contribution >= 4 is 74.7 Å². The van der Waals surface area contributed by atoms with Gasteiger partial charge in [0.05, 0.1) is 49.8 Å². The Kier molecular flexibility index (Phi) is 8.18. The summed E-state index contributed by atoms with van der Waals surface area (Å²) in [7, 11) is 1.42. The van der Waals surface area contributed by atoms with Crippen molar-refractivity contribution in [3.63, 3.8) is 0 Å². The summed E-state index contributed by atoms with van der Waals surface area (Å²) in [5.41, 5.74) is 4.78. The summed E-state index contributed by atoms with van der Waals surface area (Å²) in [6.07, 6.45) is 2.72. The summed E-state index contributed by atoms with van der Waals surface area (Å²) in [6, 6.07) is 1.71. The molecule has 0 bridgehead atoms. The van der Waals surface area contributed by atoms with Gasteiger partial charge in [-0.1, -0.05) is 55.2 Å². The molecule has 0 saturated carbocycles. The molecule has 4 aromatic rings. The van der Waals surface area contributed by atoms with Crippen LogP contribution < -0.4 is 21.2 Å². The Bertz CT molecular complexity index is 2090. The second kappa shape index (κ2) is 11.8. The third-order valence-corrected chi connectivity index (χ3v) is 9.60. The lowest BCUT2D eigenvalue weighted by atomic mass is 9.97. The highest BCUT2D eigenvalue weighted by molar-refractivity contribution is 6.41. The van der Waals surface area contributed by atoms with Gasteiger partial charge >= 0.3 is 5.69 Å². The Hall–Kier alpha value is -4.26. The van der Waals surface area contributed by atoms with E-state index in [-0.39, 0.29) is 70.3 Å². The van der Waals surface area contributed by atoms with Crippen LogP contribution in [0.2, 0.25) is 15.1 Å². The molecule has 2 aromatic heterocycles. The molecule has 1 unspecified atom stereocenters. The summed E-state index contributed by atoms with van der Waals surface area (Å²) < 4.78 is 34.5. The van der Waals surface area contributed by atoms with Crippen molar-refractivity contribution in [3.05, 3.63) is 79.4 Å². The molecule has 244 valence electrons. The van der Waals surface area contributed by atoms with Gasteiger partial charge in [0.2, 0.25) is 5.91 Å². The van der Waals surface area contributed by atoms with Crippen LogP contribution in [0.3, 0.4) is 0 Å². The predicted molar refractivity (Wildman–Crippen MR) is 180 cm³/mol. The molecule has 1 atom stereocenters. The van der Waals surface area contributed by atoms with Crippen LogP contribution in [-0.2, 0) is 9.59 Å². The molecule has 4 heterocycles. The fraction of sp³-hybridized carbons (Fsp3) is 0.281. The third kappa shape index (κ3) is 4.84. The van der Waals surface area contributed by atoms with Crippen LogP contribution in [0.4, 0.5) is 26.0 Å². The first-order valence-corrected chi connectivity index (χ1v) is 15.7. The number of aryl methyl sites for hydroxylation is 1. The van der Waals surface area contributed by atoms with Gasteiger partial charge in [-0.05, 0) is 36.6 Å². The van der Waals surface area contributed by atoms with Gasteiger partial charge in [0.15, 0.2) is 11.6 Å². The van der Waals surface area contributed by atoms with Crippen molar-refractivity contribution in [2.24, 2.45) is 0 Å². The molecule has 2 aliphatic rings. The third-order valence-electron chi connectivity index (χ3n) is 8.64. The molecule has 0 radical (unpaired) electrons. The van der Waals surface area contributed by atoms with Crippen LogP contribution >= 0.6 is 34.8 Å². The van der Waals surface area contributed by atoms with Gasteiger partial charge in [-0.2, -0.15) is 4.98 Å². The number of carbonyl (C=O) groups excluding carboxylic acids is 2. The molecule has 2 amide bonds. The Morgan fingerprint density at radius 3 is 2.47 bits per heavy atom. The number of piperazine rings is 1. The van der Waals surface area contributed by atoms with Gasteiger partial charge in [0.25, 0.3) is 5.91 Å². The van der Waals surface area contributed by atoms with E-state index in [4.69, 9.17) is 40.5 Å². The van der Waals surface area contributed by atoms with Crippen molar-refractivity contribution in [1.29, 1.82) is 0 Å². The van der Waals surface area contributed by atoms with E-state index in [1.54, 1.807) is 24.1 Å². The number of halogens is 5. The van der Waals surface area contributed by atoms with Crippen molar-refractivity contribution < 1.29 is 18.4 Å². The minimum absolute atomic E-state index is 0.0164. The van der Waals surface area contributed by atoms with E-state index in [0.29, 0.717) is 11.3 Å². The van der Waals surface area contributed by atoms with E-state index in [2.05, 4.69) is 16.5 Å². The molecule has 15 heteroatoms. The summed E-state index contributed by atoms with van der Waals surface area (Å²) >= 11 is 19.4. The quantitative estimate of drug-likeness (QED) is 0.160. The van der Waals surface area contributed by atoms with Crippen molar-refractivity contribution in [3.8, 4) is 16.8 Å². The lowest BCUT2D eigenvalue weighted by molar-refractivity contribution is -0.128. The maximum Gasteiger partial charge on any atom is 0.354 e. The second-order valence-corrected chi connectivity index (χ2v) is 12.9. The minimum Gasteiger partial charge on any atom is -0.397 e. The zero-order valence-electron chi connectivity index (χ0n) is 25.7. The Morgan fingerprint density at radius 2 is 1.81 bits per heavy atom. The van der Waals surface area contributed by atoms with Crippen molar-refractivity contribution in [1.82, 2.24) is 19.4 Å². The number of carbonyl (C=O) groups is 2. The Morgan fingerprint density at radius 1 is 1.11 bits per heavy atom. The van der Waals surface area contributed by atoms with Gasteiger partial charge in [-0.25, -0.2) is 13.6 Å². The summed E-state index contributed by atoms with van der Waals surface area (Å²) in [5, 5.41) is -0.997. The fourth-order valence-corrected chi connectivity index (χ4v) is 7.24. The number of benzene rings is 2. The van der Waals surface area contributed by atoms with Crippen LogP contribution in [-0.4, -0.2) is 64.0 Å². The maximum atomic E-state index is 17.6. The summed E-state index contributed by atoms with van der Waals surface area (Å²) in [4.78, 5) is 54.2. The van der Waals surface area contributed by atoms with Gasteiger partial charge in [-0.15, -0.1) is 0 Å². The standard InChI is InChI=1S/C32H28Cl3F2N7O3/c1-6-18(45)42-9-10-43-17(12-42)31(46)41(5)28-21-29(24(37)19(22(28)35)20-23(36)15(33)11-16(34)25(20)38)44(32(47)40-30(21)43)27-14(4)7-8-39-26(27)13(2)3/h6-8,11,13,17H,1,9-10,12,38H2,2-5H3. The average molecular weight is 703 g/mol. The number of fused-ring (bicyclic) bond motifs is 2. The van der Waals surface area contributed by atoms with Crippen LogP contribution in [0, 0.1) is 18.6 Å². The number of rotatable bonds is 4. The number of nitrogen functional groups attached to an aromatic ring is 1. The normalized spacial score (nSPS) is 16.2. The van der Waals surface area contributed by atoms with E-state index in [1.165, 1.54) is 16.8 Å². The first kappa shape index (κ1) is 32.7. The van der Waals surface area contributed by atoms with Gasteiger partial charge < -0.3 is 20.4 Å². The minimum atomic E-state index is -1.13. The monoisotopic (exact) mass is 701 g/mol. The van der Waals surface area contributed by atoms with Crippen molar-refractivity contribution in [2.45, 2.75) is 32.7 Å². The largest absolute Gasteiger partial charge is 0.397 e. The number of anilines is 3. The molecule has 2 aromatic carbocycles. The maximum absolute atomic E-state index is 17.6. The number of nitrogens with zero attached hydrogens (tertiary/aromatic N) is 6. The predicted octanol–water partition coefficient (Wildman–Crippen LogP) is 5.88. The van der Waals surface area contributed by atoms with Gasteiger partial charge in [0.1, 0.15) is 17.4 Å². The van der Waals surface area contributed by atoms with E-state index >= 15 is 8.78 Å². The zero-order valence-corrected chi connectivity index (χ0v) is 27.9. The number of aromatic nitrogens is 3. The van der Waals surface area contributed by atoms with E-state index in [9.17, 15) is 14.4 Å². The Labute approximate surface area is 282 Å². The molecule has 6 rings (SSSR count). The molecule has 1 saturated heterocycles. The van der Waals surface area contributed by atoms with E-state index in [1.807, 2.05) is 13.8 Å². The topological polar surface area (TPSA) is 118 Å². The number of amides is 2. The molecule has 1 fully saturated rings. The number of nitrogens with two attached hydrogens (primary N) is 1.